The number of nitrogens with one attached hydrogen (secondary N) is 1. The molecule has 0 radical (unpaired) electrons. The molecule has 1 N–H and O–H groups in total. The van der Waals surface area contributed by atoms with Gasteiger partial charge in [0.2, 0.25) is 5.91 Å². The number of amides is 1. The summed E-state index contributed by atoms with van der Waals surface area (Å²) in [7, 11) is 0. The standard InChI is InChI=1S/C12H25NO3/c1-4-5-6-12(14)13-7-8-15-9-10-16-11(2)3/h11H,4-10H2,1-3H3,(H,13,14). The summed E-state index contributed by atoms with van der Waals surface area (Å²) in [5.41, 5.74) is 0. The fourth-order valence-electron chi connectivity index (χ4n) is 1.13. The lowest BCUT2D eigenvalue weighted by Gasteiger charge is -2.08. The quantitative estimate of drug-likeness (QED) is 0.582. The second kappa shape index (κ2) is 10.9. The van der Waals surface area contributed by atoms with Crippen LogP contribution in [0.5, 0.6) is 0 Å². The molecule has 1 amide bonds. The van der Waals surface area contributed by atoms with Crippen LogP contribution < -0.4 is 5.32 Å². The van der Waals surface area contributed by atoms with E-state index in [9.17, 15) is 4.79 Å². The predicted molar refractivity (Wildman–Crippen MR) is 64.4 cm³/mol. The van der Waals surface area contributed by atoms with Crippen LogP contribution in [0.25, 0.3) is 0 Å². The van der Waals surface area contributed by atoms with Crippen molar-refractivity contribution >= 4 is 5.91 Å². The van der Waals surface area contributed by atoms with Crippen LogP contribution in [0.4, 0.5) is 0 Å². The average molecular weight is 231 g/mol. The topological polar surface area (TPSA) is 47.6 Å². The van der Waals surface area contributed by atoms with Crippen molar-refractivity contribution in [1.29, 1.82) is 0 Å². The Morgan fingerprint density at radius 2 is 2.00 bits per heavy atom. The molecule has 4 heteroatoms. The van der Waals surface area contributed by atoms with Gasteiger partial charge in [-0.15, -0.1) is 0 Å². The number of rotatable bonds is 10. The zero-order valence-electron chi connectivity index (χ0n) is 10.8. The van der Waals surface area contributed by atoms with Gasteiger partial charge in [0, 0.05) is 13.0 Å². The summed E-state index contributed by atoms with van der Waals surface area (Å²) in [4.78, 5) is 11.2. The lowest BCUT2D eigenvalue weighted by molar-refractivity contribution is -0.121. The monoisotopic (exact) mass is 231 g/mol. The Hall–Kier alpha value is -0.610. The Kier molecular flexibility index (Phi) is 10.5. The Labute approximate surface area is 98.7 Å². The van der Waals surface area contributed by atoms with Crippen molar-refractivity contribution in [2.24, 2.45) is 0 Å². The third kappa shape index (κ3) is 11.5. The van der Waals surface area contributed by atoms with Gasteiger partial charge in [0.25, 0.3) is 0 Å². The average Bonchev–Trinajstić information content (AvgIpc) is 2.24. The van der Waals surface area contributed by atoms with Crippen molar-refractivity contribution in [2.75, 3.05) is 26.4 Å². The molecule has 0 heterocycles. The van der Waals surface area contributed by atoms with Gasteiger partial charge in [0.05, 0.1) is 25.9 Å². The van der Waals surface area contributed by atoms with Gasteiger partial charge in [-0.1, -0.05) is 13.3 Å². The molecule has 0 aromatic rings. The molecule has 4 nitrogen and oxygen atoms in total. The van der Waals surface area contributed by atoms with Gasteiger partial charge >= 0.3 is 0 Å². The molecule has 0 fully saturated rings. The van der Waals surface area contributed by atoms with E-state index in [-0.39, 0.29) is 12.0 Å². The minimum Gasteiger partial charge on any atom is -0.377 e. The molecule has 0 aliphatic carbocycles. The first kappa shape index (κ1) is 15.4. The summed E-state index contributed by atoms with van der Waals surface area (Å²) in [5.74, 6) is 0.115. The van der Waals surface area contributed by atoms with E-state index >= 15 is 0 Å². The fraction of sp³-hybridized carbons (Fsp3) is 0.917. The zero-order chi connectivity index (χ0) is 12.2. The van der Waals surface area contributed by atoms with E-state index in [0.717, 1.165) is 12.8 Å². The predicted octanol–water partition coefficient (Wildman–Crippen LogP) is 1.73. The molecule has 0 saturated carbocycles. The molecule has 0 aliphatic heterocycles. The Bertz CT molecular complexity index is 172. The van der Waals surface area contributed by atoms with Gasteiger partial charge in [-0.05, 0) is 20.3 Å². The van der Waals surface area contributed by atoms with E-state index in [0.29, 0.717) is 32.8 Å². The van der Waals surface area contributed by atoms with E-state index in [1.54, 1.807) is 0 Å². The summed E-state index contributed by atoms with van der Waals surface area (Å²) < 4.78 is 10.6. The van der Waals surface area contributed by atoms with E-state index < -0.39 is 0 Å². The Morgan fingerprint density at radius 3 is 2.62 bits per heavy atom. The highest BCUT2D eigenvalue weighted by atomic mass is 16.5. The molecule has 0 bridgehead atoms. The fourth-order valence-corrected chi connectivity index (χ4v) is 1.13. The van der Waals surface area contributed by atoms with Gasteiger partial charge in [-0.3, -0.25) is 4.79 Å². The van der Waals surface area contributed by atoms with Crippen molar-refractivity contribution in [3.8, 4) is 0 Å². The smallest absolute Gasteiger partial charge is 0.220 e. The maximum Gasteiger partial charge on any atom is 0.220 e. The van der Waals surface area contributed by atoms with Crippen molar-refractivity contribution in [1.82, 2.24) is 5.32 Å². The van der Waals surface area contributed by atoms with Crippen LogP contribution in [0, 0.1) is 0 Å². The molecular formula is C12H25NO3. The number of carbonyl (C=O) groups excluding carboxylic acids is 1. The molecule has 0 aromatic carbocycles. The summed E-state index contributed by atoms with van der Waals surface area (Å²) >= 11 is 0. The SMILES string of the molecule is CCCCC(=O)NCCOCCOC(C)C. The molecule has 0 aromatic heterocycles. The molecule has 96 valence electrons. The van der Waals surface area contributed by atoms with Gasteiger partial charge in [0.1, 0.15) is 0 Å². The van der Waals surface area contributed by atoms with Crippen LogP contribution in [0.1, 0.15) is 40.0 Å². The van der Waals surface area contributed by atoms with Crippen molar-refractivity contribution in [3.05, 3.63) is 0 Å². The number of hydrogen-bond donors (Lipinski definition) is 1. The third-order valence-corrected chi connectivity index (χ3v) is 2.00. The minimum absolute atomic E-state index is 0.115. The molecule has 0 spiro atoms. The highest BCUT2D eigenvalue weighted by molar-refractivity contribution is 5.75. The zero-order valence-corrected chi connectivity index (χ0v) is 10.8. The summed E-state index contributed by atoms with van der Waals surface area (Å²) in [5, 5.41) is 2.81. The number of hydrogen-bond acceptors (Lipinski definition) is 3. The molecule has 0 atom stereocenters. The molecule has 0 rings (SSSR count). The van der Waals surface area contributed by atoms with Crippen molar-refractivity contribution in [3.63, 3.8) is 0 Å². The van der Waals surface area contributed by atoms with Crippen LogP contribution in [-0.4, -0.2) is 38.4 Å². The van der Waals surface area contributed by atoms with E-state index in [1.165, 1.54) is 0 Å². The highest BCUT2D eigenvalue weighted by Gasteiger charge is 1.98. The number of carbonyl (C=O) groups is 1. The first-order chi connectivity index (χ1) is 7.66. The van der Waals surface area contributed by atoms with E-state index in [4.69, 9.17) is 9.47 Å². The minimum atomic E-state index is 0.115. The summed E-state index contributed by atoms with van der Waals surface area (Å²) in [6.07, 6.45) is 2.87. The Morgan fingerprint density at radius 1 is 1.25 bits per heavy atom. The van der Waals surface area contributed by atoms with Crippen LogP contribution in [0.3, 0.4) is 0 Å². The lowest BCUT2D eigenvalue weighted by Crippen LogP contribution is -2.27. The van der Waals surface area contributed by atoms with E-state index in [1.807, 2.05) is 13.8 Å². The maximum atomic E-state index is 11.2. The molecule has 0 unspecified atom stereocenters. The van der Waals surface area contributed by atoms with E-state index in [2.05, 4.69) is 12.2 Å². The normalized spacial score (nSPS) is 10.8. The van der Waals surface area contributed by atoms with Gasteiger partial charge in [0.15, 0.2) is 0 Å². The van der Waals surface area contributed by atoms with Gasteiger partial charge < -0.3 is 14.8 Å². The first-order valence-electron chi connectivity index (χ1n) is 6.12. The Balaban J connectivity index is 3.11. The van der Waals surface area contributed by atoms with Crippen molar-refractivity contribution in [2.45, 2.75) is 46.1 Å². The highest BCUT2D eigenvalue weighted by Crippen LogP contribution is 1.92. The number of ether oxygens (including phenoxy) is 2. The number of unbranched alkanes of at least 4 members (excludes halogenated alkanes) is 1. The lowest BCUT2D eigenvalue weighted by atomic mass is 10.2. The molecule has 0 aliphatic rings. The van der Waals surface area contributed by atoms with Crippen LogP contribution in [-0.2, 0) is 14.3 Å². The van der Waals surface area contributed by atoms with Crippen LogP contribution >= 0.6 is 0 Å². The van der Waals surface area contributed by atoms with Crippen LogP contribution in [0.2, 0.25) is 0 Å². The van der Waals surface area contributed by atoms with Gasteiger partial charge in [-0.25, -0.2) is 0 Å². The third-order valence-electron chi connectivity index (χ3n) is 2.00. The van der Waals surface area contributed by atoms with Crippen molar-refractivity contribution < 1.29 is 14.3 Å². The summed E-state index contributed by atoms with van der Waals surface area (Å²) in [6.45, 7) is 8.40. The largest absolute Gasteiger partial charge is 0.377 e. The summed E-state index contributed by atoms with van der Waals surface area (Å²) in [6, 6.07) is 0. The second-order valence-corrected chi connectivity index (χ2v) is 3.99. The second-order valence-electron chi connectivity index (χ2n) is 3.99. The van der Waals surface area contributed by atoms with Gasteiger partial charge in [-0.2, -0.15) is 0 Å². The molecule has 16 heavy (non-hydrogen) atoms. The first-order valence-corrected chi connectivity index (χ1v) is 6.12. The van der Waals surface area contributed by atoms with Crippen LogP contribution in [0.15, 0.2) is 0 Å². The molecule has 0 saturated heterocycles. The molecular weight excluding hydrogens is 206 g/mol. The maximum absolute atomic E-state index is 11.2.